The fourth-order valence-electron chi connectivity index (χ4n) is 3.08. The van der Waals surface area contributed by atoms with Crippen molar-refractivity contribution in [3.63, 3.8) is 0 Å². The van der Waals surface area contributed by atoms with Gasteiger partial charge in [0.1, 0.15) is 0 Å². The van der Waals surface area contributed by atoms with E-state index in [4.69, 9.17) is 11.6 Å². The third-order valence-electron chi connectivity index (χ3n) is 4.42. The number of ketones is 1. The Balaban J connectivity index is 2.00. The lowest BCUT2D eigenvalue weighted by atomic mass is 9.92. The van der Waals surface area contributed by atoms with Crippen molar-refractivity contribution in [1.82, 2.24) is 0 Å². The molecule has 4 rings (SSSR count). The summed E-state index contributed by atoms with van der Waals surface area (Å²) in [6.45, 7) is 0. The SMILES string of the molecule is O=C(c1ccccc1)c1c(C#Cc2ccccc2)c(I)cc2ccc(Cl)cc12. The van der Waals surface area contributed by atoms with Crippen LogP contribution in [0.1, 0.15) is 27.0 Å². The standard InChI is InChI=1S/C25H14ClIO/c26-20-13-12-19-15-23(27)21(14-11-17-7-3-1-4-8-17)24(22(19)16-20)25(28)18-9-5-2-6-10-18/h1-10,12-13,15-16H. The quantitative estimate of drug-likeness (QED) is 0.172. The minimum atomic E-state index is -0.0521. The highest BCUT2D eigenvalue weighted by Crippen LogP contribution is 2.31. The molecule has 0 atom stereocenters. The van der Waals surface area contributed by atoms with Crippen molar-refractivity contribution in [1.29, 1.82) is 0 Å². The van der Waals surface area contributed by atoms with E-state index in [-0.39, 0.29) is 5.78 Å². The van der Waals surface area contributed by atoms with Crippen molar-refractivity contribution < 1.29 is 4.79 Å². The first kappa shape index (κ1) is 18.7. The van der Waals surface area contributed by atoms with E-state index in [0.717, 1.165) is 25.5 Å². The summed E-state index contributed by atoms with van der Waals surface area (Å²) in [6, 6.07) is 26.7. The number of halogens is 2. The summed E-state index contributed by atoms with van der Waals surface area (Å²) in [5.74, 6) is 6.37. The molecule has 0 spiro atoms. The van der Waals surface area contributed by atoms with Gasteiger partial charge in [-0.15, -0.1) is 0 Å². The molecule has 0 radical (unpaired) electrons. The molecule has 4 aromatic rings. The average molecular weight is 493 g/mol. The zero-order chi connectivity index (χ0) is 19.5. The van der Waals surface area contributed by atoms with Gasteiger partial charge < -0.3 is 0 Å². The van der Waals surface area contributed by atoms with Gasteiger partial charge in [0.25, 0.3) is 0 Å². The third kappa shape index (κ3) is 3.82. The number of hydrogen-bond acceptors (Lipinski definition) is 1. The fourth-order valence-corrected chi connectivity index (χ4v) is 3.99. The number of carbonyl (C=O) groups is 1. The molecule has 0 aromatic heterocycles. The number of hydrogen-bond donors (Lipinski definition) is 0. The van der Waals surface area contributed by atoms with Crippen LogP contribution < -0.4 is 0 Å². The van der Waals surface area contributed by atoms with Crippen LogP contribution in [0.3, 0.4) is 0 Å². The van der Waals surface area contributed by atoms with Gasteiger partial charge in [-0.1, -0.05) is 78.0 Å². The Hall–Kier alpha value is -2.61. The topological polar surface area (TPSA) is 17.1 Å². The van der Waals surface area contributed by atoms with Gasteiger partial charge in [-0.05, 0) is 63.7 Å². The van der Waals surface area contributed by atoms with Crippen molar-refractivity contribution in [2.75, 3.05) is 0 Å². The van der Waals surface area contributed by atoms with E-state index in [1.54, 1.807) is 0 Å². The van der Waals surface area contributed by atoms with Crippen LogP contribution in [-0.4, -0.2) is 5.78 Å². The van der Waals surface area contributed by atoms with E-state index in [9.17, 15) is 4.79 Å². The van der Waals surface area contributed by atoms with Gasteiger partial charge in [0.05, 0.1) is 5.56 Å². The van der Waals surface area contributed by atoms with Gasteiger partial charge >= 0.3 is 0 Å². The second kappa shape index (κ2) is 8.18. The van der Waals surface area contributed by atoms with Gasteiger partial charge in [0.15, 0.2) is 5.78 Å². The molecule has 4 aromatic carbocycles. The Morgan fingerprint density at radius 3 is 2.21 bits per heavy atom. The van der Waals surface area contributed by atoms with Crippen molar-refractivity contribution in [2.24, 2.45) is 0 Å². The van der Waals surface area contributed by atoms with Gasteiger partial charge in [-0.2, -0.15) is 0 Å². The van der Waals surface area contributed by atoms with Crippen LogP contribution in [0.2, 0.25) is 5.02 Å². The number of carbonyl (C=O) groups excluding carboxylic acids is 1. The van der Waals surface area contributed by atoms with E-state index < -0.39 is 0 Å². The highest BCUT2D eigenvalue weighted by atomic mass is 127. The Morgan fingerprint density at radius 2 is 1.50 bits per heavy atom. The molecule has 0 amide bonds. The molecule has 0 aliphatic rings. The predicted octanol–water partition coefficient (Wildman–Crippen LogP) is 6.73. The molecule has 3 heteroatoms. The highest BCUT2D eigenvalue weighted by Gasteiger charge is 2.19. The first-order chi connectivity index (χ1) is 13.6. The lowest BCUT2D eigenvalue weighted by Gasteiger charge is -2.12. The van der Waals surface area contributed by atoms with E-state index in [0.29, 0.717) is 16.1 Å². The predicted molar refractivity (Wildman–Crippen MR) is 124 cm³/mol. The molecule has 0 N–H and O–H groups in total. The molecule has 28 heavy (non-hydrogen) atoms. The van der Waals surface area contributed by atoms with Crippen molar-refractivity contribution in [3.05, 3.63) is 116 Å². The normalized spacial score (nSPS) is 10.4. The monoisotopic (exact) mass is 492 g/mol. The molecular formula is C25H14ClIO. The van der Waals surface area contributed by atoms with Crippen LogP contribution >= 0.6 is 34.2 Å². The summed E-state index contributed by atoms with van der Waals surface area (Å²) >= 11 is 8.51. The summed E-state index contributed by atoms with van der Waals surface area (Å²) in [4.78, 5) is 13.4. The lowest BCUT2D eigenvalue weighted by Crippen LogP contribution is -2.07. The Kier molecular flexibility index (Phi) is 5.47. The molecule has 0 fully saturated rings. The second-order valence-electron chi connectivity index (χ2n) is 6.29. The third-order valence-corrected chi connectivity index (χ3v) is 5.51. The fraction of sp³-hybridized carbons (Fsp3) is 0. The lowest BCUT2D eigenvalue weighted by molar-refractivity contribution is 0.104. The summed E-state index contributed by atoms with van der Waals surface area (Å²) in [5, 5.41) is 2.38. The number of benzene rings is 4. The summed E-state index contributed by atoms with van der Waals surface area (Å²) in [5.41, 5.74) is 2.86. The molecule has 134 valence electrons. The molecule has 1 nitrogen and oxygen atoms in total. The number of rotatable bonds is 2. The highest BCUT2D eigenvalue weighted by molar-refractivity contribution is 14.1. The molecule has 0 bridgehead atoms. The summed E-state index contributed by atoms with van der Waals surface area (Å²) < 4.78 is 0.940. The summed E-state index contributed by atoms with van der Waals surface area (Å²) in [7, 11) is 0. The smallest absolute Gasteiger partial charge is 0.194 e. The molecule has 0 aliphatic heterocycles. The van der Waals surface area contributed by atoms with Crippen molar-refractivity contribution in [3.8, 4) is 11.8 Å². The molecule has 0 saturated carbocycles. The van der Waals surface area contributed by atoms with Crippen LogP contribution in [-0.2, 0) is 0 Å². The maximum absolute atomic E-state index is 13.4. The van der Waals surface area contributed by atoms with Crippen LogP contribution in [0.4, 0.5) is 0 Å². The largest absolute Gasteiger partial charge is 0.289 e. The van der Waals surface area contributed by atoms with Gasteiger partial charge in [-0.25, -0.2) is 0 Å². The maximum Gasteiger partial charge on any atom is 0.194 e. The van der Waals surface area contributed by atoms with Crippen LogP contribution in [0.15, 0.2) is 84.9 Å². The van der Waals surface area contributed by atoms with Crippen LogP contribution in [0.25, 0.3) is 10.8 Å². The minimum Gasteiger partial charge on any atom is -0.289 e. The zero-order valence-electron chi connectivity index (χ0n) is 14.7. The first-order valence-electron chi connectivity index (χ1n) is 8.72. The molecule has 0 saturated heterocycles. The Labute approximate surface area is 182 Å². The molecule has 0 aliphatic carbocycles. The minimum absolute atomic E-state index is 0.0521. The first-order valence-corrected chi connectivity index (χ1v) is 10.2. The van der Waals surface area contributed by atoms with Crippen LogP contribution in [0.5, 0.6) is 0 Å². The Bertz CT molecular complexity index is 1240. The van der Waals surface area contributed by atoms with E-state index in [2.05, 4.69) is 34.4 Å². The van der Waals surface area contributed by atoms with E-state index in [1.807, 2.05) is 84.9 Å². The average Bonchev–Trinajstić information content (AvgIpc) is 2.73. The van der Waals surface area contributed by atoms with Gasteiger partial charge in [-0.3, -0.25) is 4.79 Å². The zero-order valence-corrected chi connectivity index (χ0v) is 17.7. The van der Waals surface area contributed by atoms with E-state index in [1.165, 1.54) is 0 Å². The van der Waals surface area contributed by atoms with Gasteiger partial charge in [0.2, 0.25) is 0 Å². The molecule has 0 heterocycles. The maximum atomic E-state index is 13.4. The number of fused-ring (bicyclic) bond motifs is 1. The van der Waals surface area contributed by atoms with E-state index >= 15 is 0 Å². The second-order valence-corrected chi connectivity index (χ2v) is 7.88. The Morgan fingerprint density at radius 1 is 0.821 bits per heavy atom. The molecular weight excluding hydrogens is 479 g/mol. The molecule has 0 unspecified atom stereocenters. The van der Waals surface area contributed by atoms with Gasteiger partial charge in [0, 0.05) is 25.3 Å². The van der Waals surface area contributed by atoms with Crippen LogP contribution in [0, 0.1) is 15.4 Å². The van der Waals surface area contributed by atoms with Crippen molar-refractivity contribution >= 4 is 50.7 Å². The van der Waals surface area contributed by atoms with Crippen molar-refractivity contribution in [2.45, 2.75) is 0 Å². The summed E-state index contributed by atoms with van der Waals surface area (Å²) in [6.07, 6.45) is 0.